The molecule has 1 aliphatic carbocycles. The largest absolute Gasteiger partial charge is 0.381 e. The number of hydrogen-bond acceptors (Lipinski definition) is 3. The summed E-state index contributed by atoms with van der Waals surface area (Å²) in [7, 11) is 1.55. The van der Waals surface area contributed by atoms with Crippen LogP contribution < -0.4 is 11.2 Å². The lowest BCUT2D eigenvalue weighted by molar-refractivity contribution is 0.00346. The third-order valence-corrected chi connectivity index (χ3v) is 3.06. The van der Waals surface area contributed by atoms with Crippen LogP contribution in [0.2, 0.25) is 5.15 Å². The first kappa shape index (κ1) is 11.3. The molecule has 0 saturated heterocycles. The van der Waals surface area contributed by atoms with Gasteiger partial charge in [0.05, 0.1) is 6.10 Å². The van der Waals surface area contributed by atoms with Crippen LogP contribution in [0.15, 0.2) is 9.59 Å². The Morgan fingerprint density at radius 3 is 2.69 bits per heavy atom. The molecule has 0 aliphatic heterocycles. The first-order valence-electron chi connectivity index (χ1n) is 4.77. The molecular formula is C9H10ClFN2O3. The van der Waals surface area contributed by atoms with E-state index < -0.39 is 22.2 Å². The van der Waals surface area contributed by atoms with E-state index in [1.807, 2.05) is 0 Å². The van der Waals surface area contributed by atoms with Crippen molar-refractivity contribution in [2.75, 3.05) is 7.11 Å². The molecule has 0 radical (unpaired) electrons. The SMILES string of the molecule is COC1CC(n2c(=O)[nH]c(Cl)c(F)c2=O)C1. The molecule has 88 valence electrons. The van der Waals surface area contributed by atoms with Gasteiger partial charge in [-0.1, -0.05) is 11.6 Å². The summed E-state index contributed by atoms with van der Waals surface area (Å²) in [4.78, 5) is 25.0. The highest BCUT2D eigenvalue weighted by molar-refractivity contribution is 6.29. The van der Waals surface area contributed by atoms with Crippen LogP contribution in [0.4, 0.5) is 4.39 Å². The van der Waals surface area contributed by atoms with Crippen LogP contribution in [-0.4, -0.2) is 22.8 Å². The molecule has 7 heteroatoms. The summed E-state index contributed by atoms with van der Waals surface area (Å²) in [5.74, 6) is -1.12. The van der Waals surface area contributed by atoms with E-state index >= 15 is 0 Å². The first-order chi connectivity index (χ1) is 7.54. The molecule has 0 atom stereocenters. The maximum absolute atomic E-state index is 13.2. The van der Waals surface area contributed by atoms with Crippen molar-refractivity contribution in [2.24, 2.45) is 0 Å². The normalized spacial score (nSPS) is 24.2. The molecule has 0 unspecified atom stereocenters. The van der Waals surface area contributed by atoms with Crippen molar-refractivity contribution in [1.29, 1.82) is 0 Å². The maximum atomic E-state index is 13.2. The van der Waals surface area contributed by atoms with Gasteiger partial charge in [-0.25, -0.2) is 4.79 Å². The van der Waals surface area contributed by atoms with Gasteiger partial charge in [0.1, 0.15) is 0 Å². The predicted octanol–water partition coefficient (Wildman–Crippen LogP) is 0.679. The minimum Gasteiger partial charge on any atom is -0.381 e. The molecule has 1 N–H and O–H groups in total. The van der Waals surface area contributed by atoms with Crippen molar-refractivity contribution in [3.63, 3.8) is 0 Å². The number of nitrogens with one attached hydrogen (secondary N) is 1. The average molecular weight is 249 g/mol. The van der Waals surface area contributed by atoms with Crippen molar-refractivity contribution < 1.29 is 9.13 Å². The van der Waals surface area contributed by atoms with E-state index in [9.17, 15) is 14.0 Å². The Morgan fingerprint density at radius 2 is 2.12 bits per heavy atom. The van der Waals surface area contributed by atoms with Gasteiger partial charge in [-0.05, 0) is 12.8 Å². The summed E-state index contributed by atoms with van der Waals surface area (Å²) in [5, 5.41) is -0.547. The van der Waals surface area contributed by atoms with Crippen LogP contribution in [0.25, 0.3) is 0 Å². The summed E-state index contributed by atoms with van der Waals surface area (Å²) in [6.45, 7) is 0. The van der Waals surface area contributed by atoms with Gasteiger partial charge in [0.2, 0.25) is 5.82 Å². The summed E-state index contributed by atoms with van der Waals surface area (Å²) in [6, 6.07) is -0.312. The van der Waals surface area contributed by atoms with Crippen LogP contribution in [0, 0.1) is 5.82 Å². The molecule has 2 rings (SSSR count). The van der Waals surface area contributed by atoms with Crippen molar-refractivity contribution in [1.82, 2.24) is 9.55 Å². The second kappa shape index (κ2) is 4.03. The van der Waals surface area contributed by atoms with E-state index in [0.717, 1.165) is 4.57 Å². The van der Waals surface area contributed by atoms with Gasteiger partial charge in [0.25, 0.3) is 5.56 Å². The molecule has 1 aliphatic rings. The van der Waals surface area contributed by atoms with Gasteiger partial charge in [-0.15, -0.1) is 0 Å². The molecule has 5 nitrogen and oxygen atoms in total. The van der Waals surface area contributed by atoms with Crippen molar-refractivity contribution >= 4 is 11.6 Å². The lowest BCUT2D eigenvalue weighted by Gasteiger charge is -2.34. The van der Waals surface area contributed by atoms with E-state index in [-0.39, 0.29) is 12.1 Å². The number of nitrogens with zero attached hydrogens (tertiary/aromatic N) is 1. The lowest BCUT2D eigenvalue weighted by Crippen LogP contribution is -2.46. The van der Waals surface area contributed by atoms with Gasteiger partial charge in [0, 0.05) is 13.2 Å². The number of aromatic nitrogens is 2. The number of ether oxygens (including phenoxy) is 1. The summed E-state index contributed by atoms with van der Waals surface area (Å²) < 4.78 is 19.1. The highest BCUT2D eigenvalue weighted by Crippen LogP contribution is 2.32. The van der Waals surface area contributed by atoms with E-state index in [0.29, 0.717) is 12.8 Å². The van der Waals surface area contributed by atoms with E-state index in [2.05, 4.69) is 4.98 Å². The smallest absolute Gasteiger partial charge is 0.329 e. The number of halogens is 2. The molecule has 1 aromatic heterocycles. The highest BCUT2D eigenvalue weighted by atomic mass is 35.5. The highest BCUT2D eigenvalue weighted by Gasteiger charge is 2.33. The zero-order chi connectivity index (χ0) is 11.9. The third-order valence-electron chi connectivity index (χ3n) is 2.80. The van der Waals surface area contributed by atoms with Gasteiger partial charge in [-0.3, -0.25) is 14.3 Å². The van der Waals surface area contributed by atoms with E-state index in [1.165, 1.54) is 0 Å². The van der Waals surface area contributed by atoms with Crippen LogP contribution in [0.3, 0.4) is 0 Å². The molecule has 16 heavy (non-hydrogen) atoms. The Kier molecular flexibility index (Phi) is 2.86. The Hall–Kier alpha value is -1.14. The van der Waals surface area contributed by atoms with Crippen molar-refractivity contribution in [3.05, 3.63) is 31.8 Å². The Morgan fingerprint density at radius 1 is 1.50 bits per heavy atom. The minimum absolute atomic E-state index is 0.0232. The first-order valence-corrected chi connectivity index (χ1v) is 5.15. The fourth-order valence-corrected chi connectivity index (χ4v) is 1.94. The summed E-state index contributed by atoms with van der Waals surface area (Å²) in [5.41, 5.74) is -1.66. The van der Waals surface area contributed by atoms with Gasteiger partial charge >= 0.3 is 5.69 Å². The molecule has 0 spiro atoms. The zero-order valence-corrected chi connectivity index (χ0v) is 9.25. The Labute approximate surface area is 94.8 Å². The lowest BCUT2D eigenvalue weighted by atomic mass is 9.89. The third kappa shape index (κ3) is 1.68. The Balaban J connectivity index is 2.40. The second-order valence-electron chi connectivity index (χ2n) is 3.72. The number of H-pyrrole nitrogens is 1. The fourth-order valence-electron chi connectivity index (χ4n) is 1.77. The van der Waals surface area contributed by atoms with Crippen molar-refractivity contribution in [3.8, 4) is 0 Å². The van der Waals surface area contributed by atoms with Gasteiger partial charge < -0.3 is 4.74 Å². The van der Waals surface area contributed by atoms with Gasteiger partial charge in [0.15, 0.2) is 5.15 Å². The molecule has 0 amide bonds. The molecule has 1 saturated carbocycles. The molecular weight excluding hydrogens is 239 g/mol. The molecule has 1 heterocycles. The summed E-state index contributed by atoms with van der Waals surface area (Å²) in [6.07, 6.45) is 1.08. The predicted molar refractivity (Wildman–Crippen MR) is 55.4 cm³/mol. The summed E-state index contributed by atoms with van der Waals surface area (Å²) >= 11 is 5.34. The molecule has 1 aromatic rings. The number of aromatic amines is 1. The molecule has 1 fully saturated rings. The monoisotopic (exact) mass is 248 g/mol. The van der Waals surface area contributed by atoms with Crippen LogP contribution in [-0.2, 0) is 4.74 Å². The second-order valence-corrected chi connectivity index (χ2v) is 4.09. The minimum atomic E-state index is -1.12. The van der Waals surface area contributed by atoms with E-state index in [4.69, 9.17) is 16.3 Å². The van der Waals surface area contributed by atoms with E-state index in [1.54, 1.807) is 7.11 Å². The Bertz CT molecular complexity index is 518. The quantitative estimate of drug-likeness (QED) is 0.783. The van der Waals surface area contributed by atoms with Crippen LogP contribution in [0.1, 0.15) is 18.9 Å². The maximum Gasteiger partial charge on any atom is 0.329 e. The van der Waals surface area contributed by atoms with Crippen LogP contribution >= 0.6 is 11.6 Å². The zero-order valence-electron chi connectivity index (χ0n) is 8.50. The number of hydrogen-bond donors (Lipinski definition) is 1. The molecule has 0 bridgehead atoms. The standard InChI is InChI=1S/C9H10ClFN2O3/c1-16-5-2-4(3-5)13-8(14)6(11)7(10)12-9(13)15/h4-5H,2-3H2,1H3,(H,12,15). The van der Waals surface area contributed by atoms with Gasteiger partial charge in [-0.2, -0.15) is 4.39 Å². The fraction of sp³-hybridized carbons (Fsp3) is 0.556. The average Bonchev–Trinajstić information content (AvgIpc) is 2.18. The van der Waals surface area contributed by atoms with Crippen LogP contribution in [0.5, 0.6) is 0 Å². The number of methoxy groups -OCH3 is 1. The topological polar surface area (TPSA) is 64.1 Å². The number of rotatable bonds is 2. The van der Waals surface area contributed by atoms with Crippen molar-refractivity contribution in [2.45, 2.75) is 25.0 Å². The molecule has 0 aromatic carbocycles.